The molecule has 1 aromatic rings. The van der Waals surface area contributed by atoms with Gasteiger partial charge in [0.15, 0.2) is 0 Å². The molecule has 0 fully saturated rings. The van der Waals surface area contributed by atoms with Crippen LogP contribution in [0.25, 0.3) is 0 Å². The number of amides is 1. The van der Waals surface area contributed by atoms with E-state index in [-0.39, 0.29) is 43.6 Å². The number of halogens is 3. The Kier molecular flexibility index (Phi) is 7.59. The molecule has 0 bridgehead atoms. The third kappa shape index (κ3) is 5.80. The molecule has 1 amide bonds. The van der Waals surface area contributed by atoms with Crippen LogP contribution in [0, 0.1) is 22.7 Å². The Morgan fingerprint density at radius 2 is 1.93 bits per heavy atom. The van der Waals surface area contributed by atoms with E-state index in [0.717, 1.165) is 18.6 Å². The van der Waals surface area contributed by atoms with E-state index in [4.69, 9.17) is 10.5 Å². The standard InChI is InChI=1S/C19H21F3N4OS/c1-14-6-11-26(13-18(27)25(9-2-7-23)10-3-8-24)16-12-15(19(20,21)22)4-5-17(16)28-14/h4-5,12,14H,2-3,6,9-11,13H2,1H3/t14-/m1/s1. The van der Waals surface area contributed by atoms with Crippen molar-refractivity contribution in [2.24, 2.45) is 0 Å². The van der Waals surface area contributed by atoms with Gasteiger partial charge in [-0.2, -0.15) is 23.7 Å². The molecule has 5 nitrogen and oxygen atoms in total. The van der Waals surface area contributed by atoms with Crippen molar-refractivity contribution < 1.29 is 18.0 Å². The Labute approximate surface area is 166 Å². The molecule has 1 aliphatic heterocycles. The molecular formula is C19H21F3N4OS. The summed E-state index contributed by atoms with van der Waals surface area (Å²) < 4.78 is 39.5. The maximum Gasteiger partial charge on any atom is 0.416 e. The van der Waals surface area contributed by atoms with Crippen LogP contribution in [0.1, 0.15) is 31.7 Å². The first-order valence-corrected chi connectivity index (χ1v) is 9.78. The summed E-state index contributed by atoms with van der Waals surface area (Å²) in [4.78, 5) is 16.6. The van der Waals surface area contributed by atoms with Crippen LogP contribution >= 0.6 is 11.8 Å². The summed E-state index contributed by atoms with van der Waals surface area (Å²) in [6.45, 7) is 2.78. The number of fused-ring (bicyclic) bond motifs is 1. The van der Waals surface area contributed by atoms with Gasteiger partial charge >= 0.3 is 6.18 Å². The third-order valence-electron chi connectivity index (χ3n) is 4.43. The van der Waals surface area contributed by atoms with Crippen molar-refractivity contribution >= 4 is 23.4 Å². The Bertz CT molecular complexity index is 767. The predicted molar refractivity (Wildman–Crippen MR) is 101 cm³/mol. The van der Waals surface area contributed by atoms with Crippen LogP contribution in [0.3, 0.4) is 0 Å². The molecule has 1 aliphatic rings. The molecular weight excluding hydrogens is 389 g/mol. The van der Waals surface area contributed by atoms with Gasteiger partial charge in [0.25, 0.3) is 0 Å². The summed E-state index contributed by atoms with van der Waals surface area (Å²) in [5, 5.41) is 17.8. The molecule has 0 N–H and O–H groups in total. The van der Waals surface area contributed by atoms with Gasteiger partial charge in [-0.25, -0.2) is 0 Å². The van der Waals surface area contributed by atoms with E-state index in [2.05, 4.69) is 0 Å². The van der Waals surface area contributed by atoms with Crippen molar-refractivity contribution in [3.8, 4) is 12.1 Å². The van der Waals surface area contributed by atoms with E-state index < -0.39 is 11.7 Å². The average molecular weight is 410 g/mol. The monoisotopic (exact) mass is 410 g/mol. The molecule has 28 heavy (non-hydrogen) atoms. The molecule has 1 heterocycles. The summed E-state index contributed by atoms with van der Waals surface area (Å²) in [5.74, 6) is -0.298. The van der Waals surface area contributed by atoms with Crippen LogP contribution in [-0.4, -0.2) is 42.2 Å². The molecule has 0 unspecified atom stereocenters. The first-order valence-electron chi connectivity index (χ1n) is 8.90. The topological polar surface area (TPSA) is 71.1 Å². The highest BCUT2D eigenvalue weighted by molar-refractivity contribution is 8.00. The molecule has 150 valence electrons. The summed E-state index contributed by atoms with van der Waals surface area (Å²) in [6.07, 6.45) is -3.46. The minimum absolute atomic E-state index is 0.0849. The van der Waals surface area contributed by atoms with Crippen LogP contribution in [0.2, 0.25) is 0 Å². The molecule has 1 aromatic carbocycles. The Morgan fingerprint density at radius 1 is 1.29 bits per heavy atom. The number of alkyl halides is 3. The van der Waals surface area contributed by atoms with Crippen LogP contribution in [0.5, 0.6) is 0 Å². The first-order chi connectivity index (χ1) is 13.3. The van der Waals surface area contributed by atoms with Crippen molar-refractivity contribution in [2.45, 2.75) is 42.5 Å². The van der Waals surface area contributed by atoms with Gasteiger partial charge in [-0.3, -0.25) is 4.79 Å². The lowest BCUT2D eigenvalue weighted by atomic mass is 10.1. The maximum atomic E-state index is 13.2. The van der Waals surface area contributed by atoms with Crippen LogP contribution in [-0.2, 0) is 11.0 Å². The molecule has 0 aliphatic carbocycles. The molecule has 0 saturated carbocycles. The average Bonchev–Trinajstić information content (AvgIpc) is 2.79. The van der Waals surface area contributed by atoms with Crippen molar-refractivity contribution in [1.82, 2.24) is 4.90 Å². The van der Waals surface area contributed by atoms with Gasteiger partial charge in [0.2, 0.25) is 5.91 Å². The number of carbonyl (C=O) groups is 1. The molecule has 1 atom stereocenters. The Morgan fingerprint density at radius 3 is 2.50 bits per heavy atom. The highest BCUT2D eigenvalue weighted by atomic mass is 32.2. The minimum atomic E-state index is -4.46. The molecule has 0 saturated heterocycles. The molecule has 0 radical (unpaired) electrons. The van der Waals surface area contributed by atoms with E-state index >= 15 is 0 Å². The van der Waals surface area contributed by atoms with Crippen molar-refractivity contribution in [3.05, 3.63) is 23.8 Å². The zero-order valence-corrected chi connectivity index (χ0v) is 16.3. The number of hydrogen-bond acceptors (Lipinski definition) is 5. The zero-order chi connectivity index (χ0) is 20.7. The lowest BCUT2D eigenvalue weighted by Crippen LogP contribution is -2.42. The second kappa shape index (κ2) is 9.70. The molecule has 9 heteroatoms. The van der Waals surface area contributed by atoms with Crippen molar-refractivity contribution in [3.63, 3.8) is 0 Å². The quantitative estimate of drug-likeness (QED) is 0.708. The van der Waals surface area contributed by atoms with Crippen molar-refractivity contribution in [1.29, 1.82) is 10.5 Å². The van der Waals surface area contributed by atoms with E-state index in [1.807, 2.05) is 19.1 Å². The van der Waals surface area contributed by atoms with Gasteiger partial charge < -0.3 is 9.80 Å². The largest absolute Gasteiger partial charge is 0.416 e. The minimum Gasteiger partial charge on any atom is -0.361 e. The number of anilines is 1. The van der Waals surface area contributed by atoms with Gasteiger partial charge in [0.1, 0.15) is 0 Å². The van der Waals surface area contributed by atoms with Crippen LogP contribution in [0.15, 0.2) is 23.1 Å². The second-order valence-electron chi connectivity index (χ2n) is 6.52. The number of nitrogens with zero attached hydrogens (tertiary/aromatic N) is 4. The lowest BCUT2D eigenvalue weighted by molar-refractivity contribution is -0.137. The van der Waals surface area contributed by atoms with Gasteiger partial charge in [-0.1, -0.05) is 6.92 Å². The van der Waals surface area contributed by atoms with E-state index in [1.54, 1.807) is 4.90 Å². The molecule has 0 aromatic heterocycles. The van der Waals surface area contributed by atoms with Gasteiger partial charge in [-0.15, -0.1) is 11.8 Å². The number of carbonyl (C=O) groups excluding carboxylic acids is 1. The molecule has 0 spiro atoms. The highest BCUT2D eigenvalue weighted by Gasteiger charge is 2.33. The second-order valence-corrected chi connectivity index (χ2v) is 8.00. The number of thioether (sulfide) groups is 1. The normalized spacial score (nSPS) is 16.5. The van der Waals surface area contributed by atoms with Crippen LogP contribution in [0.4, 0.5) is 18.9 Å². The lowest BCUT2D eigenvalue weighted by Gasteiger charge is -2.28. The maximum absolute atomic E-state index is 13.2. The predicted octanol–water partition coefficient (Wildman–Crippen LogP) is 4.05. The number of rotatable bonds is 6. The van der Waals surface area contributed by atoms with E-state index in [0.29, 0.717) is 17.1 Å². The fourth-order valence-corrected chi connectivity index (χ4v) is 4.05. The smallest absolute Gasteiger partial charge is 0.361 e. The third-order valence-corrected chi connectivity index (χ3v) is 5.66. The summed E-state index contributed by atoms with van der Waals surface area (Å²) in [5.41, 5.74) is -0.345. The summed E-state index contributed by atoms with van der Waals surface area (Å²) in [6, 6.07) is 7.57. The fraction of sp³-hybridized carbons (Fsp3) is 0.526. The van der Waals surface area contributed by atoms with Gasteiger partial charge in [-0.05, 0) is 24.6 Å². The van der Waals surface area contributed by atoms with E-state index in [9.17, 15) is 18.0 Å². The number of benzene rings is 1. The SMILES string of the molecule is C[C@@H]1CCN(CC(=O)N(CCC#N)CCC#N)c2cc(C(F)(F)F)ccc2S1. The Hall–Kier alpha value is -2.39. The van der Waals surface area contributed by atoms with E-state index in [1.165, 1.54) is 22.7 Å². The van der Waals surface area contributed by atoms with Gasteiger partial charge in [0, 0.05) is 29.8 Å². The first kappa shape index (κ1) is 21.9. The van der Waals surface area contributed by atoms with Gasteiger partial charge in [0.05, 0.1) is 42.8 Å². The summed E-state index contributed by atoms with van der Waals surface area (Å²) in [7, 11) is 0. The van der Waals surface area contributed by atoms with Crippen molar-refractivity contribution in [2.75, 3.05) is 31.1 Å². The van der Waals surface area contributed by atoms with Crippen LogP contribution < -0.4 is 4.90 Å². The fourth-order valence-electron chi connectivity index (χ4n) is 2.93. The number of hydrogen-bond donors (Lipinski definition) is 0. The Balaban J connectivity index is 2.28. The highest BCUT2D eigenvalue weighted by Crippen LogP contribution is 2.41. The molecule has 2 rings (SSSR count). The summed E-state index contributed by atoms with van der Waals surface area (Å²) >= 11 is 1.50. The zero-order valence-electron chi connectivity index (χ0n) is 15.5. The number of nitriles is 2.